The summed E-state index contributed by atoms with van der Waals surface area (Å²) in [6.07, 6.45) is 0. The van der Waals surface area contributed by atoms with Gasteiger partial charge in [-0.2, -0.15) is 0 Å². The van der Waals surface area contributed by atoms with Crippen LogP contribution in [-0.4, -0.2) is 63.4 Å². The van der Waals surface area contributed by atoms with Crippen LogP contribution in [0.5, 0.6) is 11.5 Å². The van der Waals surface area contributed by atoms with Gasteiger partial charge in [0.1, 0.15) is 63.6 Å². The Bertz CT molecular complexity index is 2290. The summed E-state index contributed by atoms with van der Waals surface area (Å²) in [4.78, 5) is 20.4. The zero-order chi connectivity index (χ0) is 35.3. The quantitative estimate of drug-likeness (QED) is 0.0816. The third-order valence-corrected chi connectivity index (χ3v) is 9.51. The summed E-state index contributed by atoms with van der Waals surface area (Å²) in [5.41, 5.74) is -2.51. The number of hydrogen-bond acceptors (Lipinski definition) is 15. The van der Waals surface area contributed by atoms with Gasteiger partial charge < -0.3 is 22.9 Å². The van der Waals surface area contributed by atoms with E-state index in [2.05, 4.69) is 0 Å². The van der Waals surface area contributed by atoms with E-state index in [1.54, 1.807) is 0 Å². The number of benzene rings is 4. The smallest absolute Gasteiger partial charge is 0.744 e. The van der Waals surface area contributed by atoms with Gasteiger partial charge in [0.2, 0.25) is 0 Å². The molecule has 4 rings (SSSR count). The number of rotatable bonds is 10. The molecule has 51 heavy (non-hydrogen) atoms. The molecule has 25 heteroatoms. The van der Waals surface area contributed by atoms with Crippen molar-refractivity contribution in [3.05, 3.63) is 107 Å². The van der Waals surface area contributed by atoms with E-state index in [1.165, 1.54) is 0 Å². The van der Waals surface area contributed by atoms with Crippen LogP contribution in [0, 0.1) is 11.6 Å². The third-order valence-electron chi connectivity index (χ3n) is 6.10. The molecule has 0 aliphatic rings. The van der Waals surface area contributed by atoms with Gasteiger partial charge in [0, 0.05) is 22.3 Å². The van der Waals surface area contributed by atoms with Crippen molar-refractivity contribution < 1.29 is 193 Å². The van der Waals surface area contributed by atoms with Crippen LogP contribution in [0.1, 0.15) is 31.8 Å². The predicted molar refractivity (Wildman–Crippen MR) is 144 cm³/mol. The van der Waals surface area contributed by atoms with Crippen molar-refractivity contribution in [1.82, 2.24) is 0 Å². The molecule has 248 valence electrons. The second-order valence-corrected chi connectivity index (χ2v) is 14.6. The molecule has 0 spiro atoms. The predicted octanol–water partition coefficient (Wildman–Crippen LogP) is -10.1. The van der Waals surface area contributed by atoms with Crippen LogP contribution in [0.2, 0.25) is 0 Å². The molecule has 0 amide bonds. The van der Waals surface area contributed by atoms with Gasteiger partial charge >= 0.3 is 118 Å². The normalized spacial score (nSPS) is 11.5. The Hall–Kier alpha value is -0.480. The maximum atomic E-state index is 13.8. The van der Waals surface area contributed by atoms with E-state index in [-0.39, 0.29) is 118 Å². The summed E-state index contributed by atoms with van der Waals surface area (Å²) in [6, 6.07) is 6.98. The molecule has 0 atom stereocenters. The summed E-state index contributed by atoms with van der Waals surface area (Å²) in [5.74, 6) is -7.29. The van der Waals surface area contributed by atoms with E-state index < -0.39 is 117 Å². The maximum Gasteiger partial charge on any atom is 1.00 e. The molecule has 0 saturated carbocycles. The van der Waals surface area contributed by atoms with E-state index in [0.717, 1.165) is 24.3 Å². The first-order chi connectivity index (χ1) is 21.5. The molecule has 0 unspecified atom stereocenters. The van der Waals surface area contributed by atoms with Crippen molar-refractivity contribution in [1.29, 1.82) is 0 Å². The van der Waals surface area contributed by atoms with Gasteiger partial charge in [-0.3, -0.25) is 9.59 Å². The van der Waals surface area contributed by atoms with Crippen LogP contribution in [0.15, 0.2) is 92.4 Å². The molecule has 0 radical (unpaired) electrons. The standard InChI is InChI=1S/C26H16F2O15S4.4Na/c27-17-5-1-13(9-21(17)44(31,32)33)25(29)15-3-7-19(23(11-15)46(37,38)39)43-20-8-4-16(12-24(20)47(40,41)42)26(30)14-2-6-18(28)22(10-14)45(34,35)36;;;;/h1-12H,(H,31,32,33)(H,34,35,36)(H,37,38,39)(H,40,41,42);;;;/q;4*+1/p-4. The molecule has 4 aromatic carbocycles. The molecule has 0 heterocycles. The SMILES string of the molecule is O=C(c1ccc(F)c(S(=O)(=O)[O-])c1)c1ccc(Oc2ccc(C(=O)c3ccc(F)c(S(=O)(=O)[O-])c3)cc2S(=O)(=O)[O-])c(S(=O)(=O)[O-])c1.[Na+].[Na+].[Na+].[Na+]. The van der Waals surface area contributed by atoms with Crippen molar-refractivity contribution in [3.8, 4) is 11.5 Å². The minimum absolute atomic E-state index is 0. The number of carbonyl (C=O) groups excluding carboxylic acids is 2. The summed E-state index contributed by atoms with van der Waals surface area (Å²) in [7, 11) is -21.9. The second kappa shape index (κ2) is 18.9. The van der Waals surface area contributed by atoms with Gasteiger partial charge in [-0.05, 0) is 72.8 Å². The average Bonchev–Trinajstić information content (AvgIpc) is 2.95. The van der Waals surface area contributed by atoms with E-state index in [0.29, 0.717) is 48.5 Å². The molecule has 0 fully saturated rings. The third kappa shape index (κ3) is 12.3. The fraction of sp³-hybridized carbons (Fsp3) is 0. The Morgan fingerprint density at radius 3 is 0.922 bits per heavy atom. The first-order valence-electron chi connectivity index (χ1n) is 12.0. The van der Waals surface area contributed by atoms with Gasteiger partial charge in [0.25, 0.3) is 0 Å². The molecule has 0 N–H and O–H groups in total. The number of ketones is 2. The summed E-state index contributed by atoms with van der Waals surface area (Å²) in [5, 5.41) is 0. The molecule has 0 aliphatic carbocycles. The Morgan fingerprint density at radius 2 is 0.667 bits per heavy atom. The van der Waals surface area contributed by atoms with Crippen LogP contribution in [0.25, 0.3) is 0 Å². The van der Waals surface area contributed by atoms with Crippen molar-refractivity contribution in [2.75, 3.05) is 0 Å². The minimum atomic E-state index is -5.58. The van der Waals surface area contributed by atoms with Gasteiger partial charge in [-0.25, -0.2) is 42.5 Å². The zero-order valence-corrected chi connectivity index (χ0v) is 37.7. The average molecular weight is 823 g/mol. The summed E-state index contributed by atoms with van der Waals surface area (Å²) >= 11 is 0. The molecule has 4 aromatic rings. The molecular formula is C26H12F2Na4O15S4. The van der Waals surface area contributed by atoms with E-state index >= 15 is 0 Å². The Kier molecular flexibility index (Phi) is 18.7. The van der Waals surface area contributed by atoms with Gasteiger partial charge in [0.15, 0.2) is 11.6 Å². The maximum absolute atomic E-state index is 13.8. The molecule has 15 nitrogen and oxygen atoms in total. The minimum Gasteiger partial charge on any atom is -0.744 e. The Labute approximate surface area is 377 Å². The fourth-order valence-corrected chi connectivity index (χ4v) is 6.39. The first-order valence-corrected chi connectivity index (χ1v) is 17.6. The topological polar surface area (TPSA) is 272 Å². The van der Waals surface area contributed by atoms with E-state index in [1.807, 2.05) is 0 Å². The van der Waals surface area contributed by atoms with Crippen LogP contribution >= 0.6 is 0 Å². The van der Waals surface area contributed by atoms with Crippen LogP contribution < -0.4 is 123 Å². The first kappa shape index (κ1) is 50.5. The molecular weight excluding hydrogens is 810 g/mol. The van der Waals surface area contributed by atoms with Gasteiger partial charge in [0.05, 0.1) is 19.6 Å². The molecule has 0 aromatic heterocycles. The van der Waals surface area contributed by atoms with Crippen molar-refractivity contribution in [2.24, 2.45) is 0 Å². The fourth-order valence-electron chi connectivity index (χ4n) is 3.98. The number of carbonyl (C=O) groups is 2. The van der Waals surface area contributed by atoms with E-state index in [4.69, 9.17) is 4.74 Å². The van der Waals surface area contributed by atoms with Crippen molar-refractivity contribution in [2.45, 2.75) is 19.6 Å². The Morgan fingerprint density at radius 1 is 0.431 bits per heavy atom. The zero-order valence-electron chi connectivity index (χ0n) is 26.4. The summed E-state index contributed by atoms with van der Waals surface area (Å²) in [6.45, 7) is 0. The largest absolute Gasteiger partial charge is 1.00 e. The number of hydrogen-bond donors (Lipinski definition) is 0. The van der Waals surface area contributed by atoms with Gasteiger partial charge in [-0.1, -0.05) is 0 Å². The monoisotopic (exact) mass is 822 g/mol. The van der Waals surface area contributed by atoms with Crippen LogP contribution in [0.4, 0.5) is 8.78 Å². The molecule has 0 saturated heterocycles. The number of ether oxygens (including phenoxy) is 1. The van der Waals surface area contributed by atoms with E-state index in [9.17, 15) is 70.3 Å². The van der Waals surface area contributed by atoms with Gasteiger partial charge in [-0.15, -0.1) is 0 Å². The Balaban J connectivity index is 0.00000625. The van der Waals surface area contributed by atoms with Crippen LogP contribution in [0.3, 0.4) is 0 Å². The molecule has 0 bridgehead atoms. The summed E-state index contributed by atoms with van der Waals surface area (Å²) < 4.78 is 173. The van der Waals surface area contributed by atoms with Crippen molar-refractivity contribution >= 4 is 52.0 Å². The second-order valence-electron chi connectivity index (χ2n) is 9.19. The van der Waals surface area contributed by atoms with Crippen molar-refractivity contribution in [3.63, 3.8) is 0 Å². The number of halogens is 2. The van der Waals surface area contributed by atoms with Crippen LogP contribution in [-0.2, 0) is 40.5 Å². The molecule has 0 aliphatic heterocycles.